The van der Waals surface area contributed by atoms with E-state index in [1.165, 1.54) is 276 Å². The van der Waals surface area contributed by atoms with Crippen LogP contribution in [0, 0.1) is 0 Å². The van der Waals surface area contributed by atoms with Crippen molar-refractivity contribution in [2.24, 2.45) is 0 Å². The molecule has 12 unspecified atom stereocenters. The van der Waals surface area contributed by atoms with Gasteiger partial charge in [-0.05, 0) is 57.8 Å². The number of aliphatic hydroxyl groups is 8. The van der Waals surface area contributed by atoms with E-state index in [1.54, 1.807) is 6.08 Å². The average Bonchev–Trinajstić information content (AvgIpc) is 2.75. The maximum Gasteiger partial charge on any atom is 0.220 e. The van der Waals surface area contributed by atoms with Crippen LogP contribution in [0.15, 0.2) is 36.5 Å². The summed E-state index contributed by atoms with van der Waals surface area (Å²) in [6.45, 7) is 2.83. The van der Waals surface area contributed by atoms with Gasteiger partial charge >= 0.3 is 0 Å². The first kappa shape index (κ1) is 83.3. The average molecular weight is 1260 g/mol. The molecule has 89 heavy (non-hydrogen) atoms. The molecular formula is C75H141NO13. The maximum absolute atomic E-state index is 13.3. The molecule has 12 atom stereocenters. The van der Waals surface area contributed by atoms with E-state index in [9.17, 15) is 45.6 Å². The molecule has 0 radical (unpaired) electrons. The summed E-state index contributed by atoms with van der Waals surface area (Å²) in [6, 6.07) is -0.931. The zero-order valence-electron chi connectivity index (χ0n) is 57.2. The number of nitrogens with one attached hydrogen (secondary N) is 1. The third-order valence-corrected chi connectivity index (χ3v) is 18.5. The predicted octanol–water partition coefficient (Wildman–Crippen LogP) is 16.1. The number of carbonyl (C=O) groups is 1. The summed E-state index contributed by atoms with van der Waals surface area (Å²) in [6.07, 6.45) is 60.8. The first-order chi connectivity index (χ1) is 43.6. The van der Waals surface area contributed by atoms with Crippen LogP contribution in [-0.2, 0) is 23.7 Å². The molecule has 2 fully saturated rings. The standard InChI is InChI=1S/C75H141NO13/c1-3-5-7-9-11-13-15-17-19-21-23-25-27-28-29-30-31-32-33-34-35-36-37-39-41-43-45-47-49-51-53-55-57-59-67(80)76-63(62-86-74-72(85)70(83)73(66(61-78)88-74)89-75-71(84)69(82)68(81)65(60-77)87-75)64(79)58-56-54-52-50-48-46-44-42-40-38-26-24-22-20-18-16-14-12-10-8-6-4-2/h21,23,48,50,56,58,63-66,68-75,77-79,81-85H,3-20,22,24-47,49,51-55,57,59-62H2,1-2H3,(H,76,80)/b23-21-,50-48+,58-56+. The van der Waals surface area contributed by atoms with Crippen molar-refractivity contribution in [3.63, 3.8) is 0 Å². The van der Waals surface area contributed by atoms with E-state index in [2.05, 4.69) is 43.5 Å². The molecule has 0 aromatic rings. The summed E-state index contributed by atoms with van der Waals surface area (Å²) >= 11 is 0. The lowest BCUT2D eigenvalue weighted by Crippen LogP contribution is -2.65. The highest BCUT2D eigenvalue weighted by atomic mass is 16.7. The van der Waals surface area contributed by atoms with Crippen LogP contribution in [0.3, 0.4) is 0 Å². The van der Waals surface area contributed by atoms with Gasteiger partial charge in [-0.25, -0.2) is 0 Å². The second-order valence-electron chi connectivity index (χ2n) is 26.8. The van der Waals surface area contributed by atoms with Crippen LogP contribution in [0.25, 0.3) is 0 Å². The monoisotopic (exact) mass is 1260 g/mol. The highest BCUT2D eigenvalue weighted by Crippen LogP contribution is 2.30. The van der Waals surface area contributed by atoms with Gasteiger partial charge in [-0.3, -0.25) is 4.79 Å². The molecule has 2 heterocycles. The zero-order chi connectivity index (χ0) is 64.5. The van der Waals surface area contributed by atoms with Crippen molar-refractivity contribution in [1.82, 2.24) is 5.32 Å². The Labute approximate surface area is 544 Å². The highest BCUT2D eigenvalue weighted by Gasteiger charge is 2.51. The van der Waals surface area contributed by atoms with Gasteiger partial charge in [0, 0.05) is 6.42 Å². The summed E-state index contributed by atoms with van der Waals surface area (Å²) < 4.78 is 22.9. The summed E-state index contributed by atoms with van der Waals surface area (Å²) in [7, 11) is 0. The molecule has 14 nitrogen and oxygen atoms in total. The number of hydrogen-bond donors (Lipinski definition) is 9. The van der Waals surface area contributed by atoms with Crippen LogP contribution < -0.4 is 5.32 Å². The number of aliphatic hydroxyl groups excluding tert-OH is 8. The minimum Gasteiger partial charge on any atom is -0.394 e. The molecule has 0 aliphatic carbocycles. The van der Waals surface area contributed by atoms with E-state index < -0.39 is 86.8 Å². The van der Waals surface area contributed by atoms with Crippen LogP contribution >= 0.6 is 0 Å². The fourth-order valence-electron chi connectivity index (χ4n) is 12.5. The molecule has 0 aromatic heterocycles. The lowest BCUT2D eigenvalue weighted by Gasteiger charge is -2.46. The van der Waals surface area contributed by atoms with Crippen molar-refractivity contribution in [3.05, 3.63) is 36.5 Å². The second kappa shape index (κ2) is 59.9. The number of carbonyl (C=O) groups excluding carboxylic acids is 1. The van der Waals surface area contributed by atoms with E-state index >= 15 is 0 Å². The van der Waals surface area contributed by atoms with E-state index in [4.69, 9.17) is 18.9 Å². The fraction of sp³-hybridized carbons (Fsp3) is 0.907. The van der Waals surface area contributed by atoms with Crippen molar-refractivity contribution < 1.29 is 64.6 Å². The van der Waals surface area contributed by atoms with Crippen LogP contribution in [-0.4, -0.2) is 140 Å². The number of unbranched alkanes of at least 4 members (excludes halogenated alkanes) is 46. The van der Waals surface area contributed by atoms with Crippen molar-refractivity contribution in [2.75, 3.05) is 19.8 Å². The third-order valence-electron chi connectivity index (χ3n) is 18.5. The Hall–Kier alpha value is -1.79. The van der Waals surface area contributed by atoms with Gasteiger partial charge in [0.2, 0.25) is 5.91 Å². The predicted molar refractivity (Wildman–Crippen MR) is 365 cm³/mol. The van der Waals surface area contributed by atoms with Crippen molar-refractivity contribution in [1.29, 1.82) is 0 Å². The van der Waals surface area contributed by atoms with Crippen LogP contribution in [0.5, 0.6) is 0 Å². The normalized spacial score (nSPS) is 23.2. The Balaban J connectivity index is 1.63. The molecule has 0 saturated carbocycles. The molecule has 2 aliphatic rings. The summed E-state index contributed by atoms with van der Waals surface area (Å²) in [5, 5.41) is 87.5. The Morgan fingerprint density at radius 3 is 1.10 bits per heavy atom. The summed E-state index contributed by atoms with van der Waals surface area (Å²) in [5.74, 6) is -0.242. The maximum atomic E-state index is 13.3. The number of hydrogen-bond acceptors (Lipinski definition) is 13. The van der Waals surface area contributed by atoms with E-state index in [1.807, 2.05) is 6.08 Å². The lowest BCUT2D eigenvalue weighted by molar-refractivity contribution is -0.359. The summed E-state index contributed by atoms with van der Waals surface area (Å²) in [4.78, 5) is 13.3. The minimum absolute atomic E-state index is 0.242. The van der Waals surface area contributed by atoms with Gasteiger partial charge in [0.15, 0.2) is 12.6 Å². The summed E-state index contributed by atoms with van der Waals surface area (Å²) in [5.41, 5.74) is 0. The minimum atomic E-state index is -1.79. The second-order valence-corrected chi connectivity index (χ2v) is 26.8. The van der Waals surface area contributed by atoms with Gasteiger partial charge in [0.05, 0.1) is 32.0 Å². The molecule has 524 valence electrons. The number of amides is 1. The fourth-order valence-corrected chi connectivity index (χ4v) is 12.5. The van der Waals surface area contributed by atoms with E-state index in [0.29, 0.717) is 12.8 Å². The Morgan fingerprint density at radius 2 is 0.719 bits per heavy atom. The van der Waals surface area contributed by atoms with E-state index in [0.717, 1.165) is 32.1 Å². The zero-order valence-corrected chi connectivity index (χ0v) is 57.2. The number of ether oxygens (including phenoxy) is 4. The molecular weight excluding hydrogens is 1120 g/mol. The smallest absolute Gasteiger partial charge is 0.220 e. The number of allylic oxidation sites excluding steroid dienone is 5. The van der Waals surface area contributed by atoms with E-state index in [-0.39, 0.29) is 18.9 Å². The molecule has 0 spiro atoms. The first-order valence-electron chi connectivity index (χ1n) is 37.7. The van der Waals surface area contributed by atoms with Gasteiger partial charge in [0.1, 0.15) is 48.8 Å². The lowest BCUT2D eigenvalue weighted by atomic mass is 9.97. The van der Waals surface area contributed by atoms with Crippen LogP contribution in [0.4, 0.5) is 0 Å². The Bertz CT molecular complexity index is 1630. The first-order valence-corrected chi connectivity index (χ1v) is 37.7. The molecule has 0 aromatic carbocycles. The Kier molecular flexibility index (Phi) is 56.1. The van der Waals surface area contributed by atoms with Crippen LogP contribution in [0.2, 0.25) is 0 Å². The van der Waals surface area contributed by atoms with Gasteiger partial charge in [-0.1, -0.05) is 314 Å². The van der Waals surface area contributed by atoms with Gasteiger partial charge < -0.3 is 65.1 Å². The molecule has 2 rings (SSSR count). The van der Waals surface area contributed by atoms with Crippen molar-refractivity contribution in [3.8, 4) is 0 Å². The van der Waals surface area contributed by atoms with Gasteiger partial charge in [-0.2, -0.15) is 0 Å². The third kappa shape index (κ3) is 43.7. The topological polar surface area (TPSA) is 228 Å². The quantitative estimate of drug-likeness (QED) is 0.0204. The molecule has 2 aliphatic heterocycles. The highest BCUT2D eigenvalue weighted by molar-refractivity contribution is 5.76. The molecule has 9 N–H and O–H groups in total. The Morgan fingerprint density at radius 1 is 0.393 bits per heavy atom. The van der Waals surface area contributed by atoms with Gasteiger partial charge in [-0.15, -0.1) is 0 Å². The van der Waals surface area contributed by atoms with Crippen molar-refractivity contribution in [2.45, 2.75) is 415 Å². The molecule has 0 bridgehead atoms. The van der Waals surface area contributed by atoms with Gasteiger partial charge in [0.25, 0.3) is 0 Å². The largest absolute Gasteiger partial charge is 0.394 e. The molecule has 14 heteroatoms. The molecule has 1 amide bonds. The number of rotatable bonds is 63. The molecule has 2 saturated heterocycles. The SMILES string of the molecule is CCCCCCCCCC/C=C\CCCCCCCCCCCCCCCCCCCCCCCC(=O)NC(COC1OC(CO)C(OC2OC(CO)C(O)C(O)C2O)C(O)C1O)C(O)/C=C/CC/C=C/CCCCCCCCCCCCCCCCCC. The van der Waals surface area contributed by atoms with Crippen molar-refractivity contribution >= 4 is 5.91 Å². The van der Waals surface area contributed by atoms with Crippen LogP contribution in [0.1, 0.15) is 341 Å².